The highest BCUT2D eigenvalue weighted by molar-refractivity contribution is 5.85. The van der Waals surface area contributed by atoms with Crippen LogP contribution in [0.2, 0.25) is 0 Å². The number of nitrogens with zero attached hydrogens (tertiary/aromatic N) is 2. The molecule has 1 aliphatic rings. The van der Waals surface area contributed by atoms with Crippen LogP contribution in [0.5, 0.6) is 0 Å². The van der Waals surface area contributed by atoms with Gasteiger partial charge in [0.25, 0.3) is 0 Å². The van der Waals surface area contributed by atoms with Gasteiger partial charge >= 0.3 is 0 Å². The Hall–Kier alpha value is -0.380. The zero-order valence-corrected chi connectivity index (χ0v) is 10.8. The van der Waals surface area contributed by atoms with Gasteiger partial charge in [-0.05, 0) is 0 Å². The molecule has 0 amide bonds. The van der Waals surface area contributed by atoms with Crippen LogP contribution >= 0.6 is 24.8 Å². The molecular formula is C10H17Cl2N3. The first-order chi connectivity index (χ1) is 6.07. The normalized spacial score (nSPS) is 13.8. The van der Waals surface area contributed by atoms with Crippen LogP contribution < -0.4 is 5.32 Å². The average molecular weight is 250 g/mol. The van der Waals surface area contributed by atoms with E-state index < -0.39 is 0 Å². The summed E-state index contributed by atoms with van der Waals surface area (Å²) in [7, 11) is 0. The zero-order chi connectivity index (χ0) is 9.47. The van der Waals surface area contributed by atoms with Crippen LogP contribution in [-0.2, 0) is 18.5 Å². The minimum atomic E-state index is 0. The molecule has 0 saturated carbocycles. The Bertz CT molecular complexity index is 334. The van der Waals surface area contributed by atoms with E-state index in [1.165, 1.54) is 11.3 Å². The zero-order valence-electron chi connectivity index (χ0n) is 9.20. The average Bonchev–Trinajstić information content (AvgIpc) is 2.47. The summed E-state index contributed by atoms with van der Waals surface area (Å²) in [6.45, 7) is 8.21. The monoisotopic (exact) mass is 249 g/mol. The van der Waals surface area contributed by atoms with Crippen molar-refractivity contribution >= 4 is 24.8 Å². The molecule has 1 aromatic heterocycles. The second-order valence-electron chi connectivity index (χ2n) is 4.52. The Balaban J connectivity index is 0.000000980. The van der Waals surface area contributed by atoms with Gasteiger partial charge in [-0.3, -0.25) is 0 Å². The van der Waals surface area contributed by atoms with Gasteiger partial charge in [0.2, 0.25) is 0 Å². The van der Waals surface area contributed by atoms with Crippen molar-refractivity contribution in [2.24, 2.45) is 0 Å². The second-order valence-corrected chi connectivity index (χ2v) is 4.52. The van der Waals surface area contributed by atoms with Gasteiger partial charge in [-0.1, -0.05) is 20.8 Å². The SMILES string of the molecule is CC(C)(C)c1ncc2c(n1)CNC2.Cl.Cl. The molecule has 1 aliphatic heterocycles. The molecule has 5 heteroatoms. The molecule has 3 nitrogen and oxygen atoms in total. The van der Waals surface area contributed by atoms with E-state index in [4.69, 9.17) is 0 Å². The molecule has 15 heavy (non-hydrogen) atoms. The van der Waals surface area contributed by atoms with E-state index in [9.17, 15) is 0 Å². The maximum Gasteiger partial charge on any atom is 0.133 e. The van der Waals surface area contributed by atoms with E-state index in [0.29, 0.717) is 0 Å². The number of hydrogen-bond acceptors (Lipinski definition) is 3. The van der Waals surface area contributed by atoms with E-state index in [-0.39, 0.29) is 30.2 Å². The van der Waals surface area contributed by atoms with Crippen molar-refractivity contribution < 1.29 is 0 Å². The van der Waals surface area contributed by atoms with Crippen molar-refractivity contribution in [3.05, 3.63) is 23.3 Å². The number of halogens is 2. The van der Waals surface area contributed by atoms with E-state index in [0.717, 1.165) is 18.9 Å². The van der Waals surface area contributed by atoms with Crippen LogP contribution in [-0.4, -0.2) is 9.97 Å². The molecule has 2 heterocycles. The lowest BCUT2D eigenvalue weighted by Gasteiger charge is -2.16. The lowest BCUT2D eigenvalue weighted by Crippen LogP contribution is -2.16. The van der Waals surface area contributed by atoms with Crippen molar-refractivity contribution in [2.75, 3.05) is 0 Å². The number of fused-ring (bicyclic) bond motifs is 1. The Morgan fingerprint density at radius 1 is 1.20 bits per heavy atom. The van der Waals surface area contributed by atoms with Gasteiger partial charge in [0.05, 0.1) is 5.69 Å². The molecule has 0 spiro atoms. The lowest BCUT2D eigenvalue weighted by molar-refractivity contribution is 0.541. The van der Waals surface area contributed by atoms with Crippen molar-refractivity contribution in [1.82, 2.24) is 15.3 Å². The number of nitrogens with one attached hydrogen (secondary N) is 1. The fraction of sp³-hybridized carbons (Fsp3) is 0.600. The van der Waals surface area contributed by atoms with Gasteiger partial charge < -0.3 is 5.32 Å². The Morgan fingerprint density at radius 3 is 2.47 bits per heavy atom. The van der Waals surface area contributed by atoms with Gasteiger partial charge in [0.1, 0.15) is 5.82 Å². The topological polar surface area (TPSA) is 37.8 Å². The van der Waals surface area contributed by atoms with E-state index in [1.807, 2.05) is 6.20 Å². The van der Waals surface area contributed by atoms with Gasteiger partial charge in [0.15, 0.2) is 0 Å². The second kappa shape index (κ2) is 5.10. The quantitative estimate of drug-likeness (QED) is 0.767. The third-order valence-corrected chi connectivity index (χ3v) is 2.23. The van der Waals surface area contributed by atoms with Crippen LogP contribution in [0.3, 0.4) is 0 Å². The van der Waals surface area contributed by atoms with Crippen LogP contribution in [0.15, 0.2) is 6.20 Å². The molecule has 2 rings (SSSR count). The highest BCUT2D eigenvalue weighted by Crippen LogP contribution is 2.20. The molecule has 0 atom stereocenters. The molecule has 1 N–H and O–H groups in total. The van der Waals surface area contributed by atoms with Crippen molar-refractivity contribution in [3.8, 4) is 0 Å². The molecule has 1 aromatic rings. The Morgan fingerprint density at radius 2 is 1.87 bits per heavy atom. The Labute approximate surface area is 103 Å². The molecule has 0 saturated heterocycles. The standard InChI is InChI=1S/C10H15N3.2ClH/c1-10(2,3)9-12-5-7-4-11-6-8(7)13-9;;/h5,11H,4,6H2,1-3H3;2*1H. The highest BCUT2D eigenvalue weighted by atomic mass is 35.5. The van der Waals surface area contributed by atoms with Gasteiger partial charge in [-0.15, -0.1) is 24.8 Å². The highest BCUT2D eigenvalue weighted by Gasteiger charge is 2.20. The molecule has 0 unspecified atom stereocenters. The van der Waals surface area contributed by atoms with Crippen LogP contribution in [0.4, 0.5) is 0 Å². The third kappa shape index (κ3) is 3.03. The van der Waals surface area contributed by atoms with Crippen LogP contribution in [0.1, 0.15) is 37.9 Å². The van der Waals surface area contributed by atoms with Crippen molar-refractivity contribution in [1.29, 1.82) is 0 Å². The Kier molecular flexibility index (Phi) is 4.97. The maximum absolute atomic E-state index is 4.55. The first kappa shape index (κ1) is 14.6. The van der Waals surface area contributed by atoms with E-state index >= 15 is 0 Å². The minimum absolute atomic E-state index is 0. The van der Waals surface area contributed by atoms with Crippen molar-refractivity contribution in [2.45, 2.75) is 39.3 Å². The van der Waals surface area contributed by atoms with Gasteiger partial charge in [-0.2, -0.15) is 0 Å². The summed E-state index contributed by atoms with van der Waals surface area (Å²) < 4.78 is 0. The summed E-state index contributed by atoms with van der Waals surface area (Å²) in [4.78, 5) is 8.92. The summed E-state index contributed by atoms with van der Waals surface area (Å²) in [5.74, 6) is 0.940. The number of aromatic nitrogens is 2. The largest absolute Gasteiger partial charge is 0.307 e. The van der Waals surface area contributed by atoms with Gasteiger partial charge in [-0.25, -0.2) is 9.97 Å². The number of rotatable bonds is 0. The predicted octanol–water partition coefficient (Wildman–Crippen LogP) is 2.22. The van der Waals surface area contributed by atoms with Crippen molar-refractivity contribution in [3.63, 3.8) is 0 Å². The van der Waals surface area contributed by atoms with Crippen LogP contribution in [0, 0.1) is 0 Å². The lowest BCUT2D eigenvalue weighted by atomic mass is 9.95. The summed E-state index contributed by atoms with van der Waals surface area (Å²) >= 11 is 0. The molecule has 86 valence electrons. The van der Waals surface area contributed by atoms with Gasteiger partial charge in [0, 0.05) is 30.3 Å². The summed E-state index contributed by atoms with van der Waals surface area (Å²) in [5, 5.41) is 3.26. The molecular weight excluding hydrogens is 233 g/mol. The molecule has 0 fully saturated rings. The fourth-order valence-electron chi connectivity index (χ4n) is 1.42. The summed E-state index contributed by atoms with van der Waals surface area (Å²) in [6.07, 6.45) is 1.95. The first-order valence-corrected chi connectivity index (χ1v) is 4.63. The summed E-state index contributed by atoms with van der Waals surface area (Å²) in [6, 6.07) is 0. The summed E-state index contributed by atoms with van der Waals surface area (Å²) in [5.41, 5.74) is 2.46. The minimum Gasteiger partial charge on any atom is -0.307 e. The third-order valence-electron chi connectivity index (χ3n) is 2.23. The smallest absolute Gasteiger partial charge is 0.133 e. The molecule has 0 aliphatic carbocycles. The first-order valence-electron chi connectivity index (χ1n) is 4.63. The number of hydrogen-bond donors (Lipinski definition) is 1. The fourth-order valence-corrected chi connectivity index (χ4v) is 1.42. The van der Waals surface area contributed by atoms with Crippen LogP contribution in [0.25, 0.3) is 0 Å². The predicted molar refractivity (Wildman–Crippen MR) is 65.8 cm³/mol. The molecule has 0 bridgehead atoms. The molecule has 0 aromatic carbocycles. The van der Waals surface area contributed by atoms with E-state index in [1.54, 1.807) is 0 Å². The van der Waals surface area contributed by atoms with E-state index in [2.05, 4.69) is 36.1 Å². The maximum atomic E-state index is 4.55. The molecule has 0 radical (unpaired) electrons.